The lowest BCUT2D eigenvalue weighted by molar-refractivity contribution is 1.18. The SMILES string of the molecule is Cc1ccc2c(c1)c1cc(C)ccc1n2-c1ccc2c(c1)-c1ccccc1[Si]2(c1ccccc1)c1ccccc1. The molecule has 1 aliphatic heterocycles. The van der Waals surface area contributed by atoms with Crippen molar-refractivity contribution in [3.05, 3.63) is 151 Å². The summed E-state index contributed by atoms with van der Waals surface area (Å²) in [4.78, 5) is 0. The Morgan fingerprint density at radius 1 is 0.450 bits per heavy atom. The number of aromatic nitrogens is 1. The molecule has 190 valence electrons. The number of rotatable bonds is 3. The fourth-order valence-corrected chi connectivity index (χ4v) is 12.3. The van der Waals surface area contributed by atoms with Crippen molar-refractivity contribution in [1.29, 1.82) is 0 Å². The first-order chi connectivity index (χ1) is 19.7. The monoisotopic (exact) mass is 527 g/mol. The highest BCUT2D eigenvalue weighted by molar-refractivity contribution is 7.22. The minimum absolute atomic E-state index is 1.21. The molecule has 1 aliphatic rings. The van der Waals surface area contributed by atoms with Crippen molar-refractivity contribution in [2.45, 2.75) is 13.8 Å². The lowest BCUT2D eigenvalue weighted by Crippen LogP contribution is -2.72. The molecule has 1 aromatic heterocycles. The van der Waals surface area contributed by atoms with Crippen molar-refractivity contribution < 1.29 is 0 Å². The maximum Gasteiger partial charge on any atom is 0.180 e. The van der Waals surface area contributed by atoms with Crippen LogP contribution in [0.3, 0.4) is 0 Å². The molecule has 0 saturated carbocycles. The summed E-state index contributed by atoms with van der Waals surface area (Å²) in [5, 5.41) is 8.45. The van der Waals surface area contributed by atoms with E-state index in [9.17, 15) is 0 Å². The zero-order valence-corrected chi connectivity index (χ0v) is 23.7. The highest BCUT2D eigenvalue weighted by Crippen LogP contribution is 2.36. The van der Waals surface area contributed by atoms with E-state index in [0.717, 1.165) is 0 Å². The average Bonchev–Trinajstić information content (AvgIpc) is 3.48. The maximum absolute atomic E-state index is 2.47. The zero-order valence-electron chi connectivity index (χ0n) is 22.7. The maximum atomic E-state index is 2.46. The van der Waals surface area contributed by atoms with Gasteiger partial charge in [0.05, 0.1) is 11.0 Å². The Balaban J connectivity index is 1.47. The molecule has 7 aromatic rings. The number of aryl methyl sites for hydroxylation is 2. The molecule has 40 heavy (non-hydrogen) atoms. The van der Waals surface area contributed by atoms with Gasteiger partial charge in [-0.1, -0.05) is 114 Å². The van der Waals surface area contributed by atoms with Crippen LogP contribution in [-0.4, -0.2) is 12.6 Å². The van der Waals surface area contributed by atoms with Gasteiger partial charge in [-0.2, -0.15) is 0 Å². The fraction of sp³-hybridized carbons (Fsp3) is 0.0526. The number of nitrogens with zero attached hydrogens (tertiary/aromatic N) is 1. The predicted octanol–water partition coefficient (Wildman–Crippen LogP) is 6.76. The summed E-state index contributed by atoms with van der Waals surface area (Å²) in [5.74, 6) is 0. The molecule has 0 amide bonds. The summed E-state index contributed by atoms with van der Waals surface area (Å²) in [7, 11) is -2.47. The van der Waals surface area contributed by atoms with Crippen molar-refractivity contribution >= 4 is 50.6 Å². The third-order valence-electron chi connectivity index (χ3n) is 8.78. The first kappa shape index (κ1) is 23.2. The Kier molecular flexibility index (Phi) is 5.04. The van der Waals surface area contributed by atoms with E-state index in [1.54, 1.807) is 0 Å². The lowest BCUT2D eigenvalue weighted by Gasteiger charge is -2.31. The molecular weight excluding hydrogens is 499 g/mol. The first-order valence-corrected chi connectivity index (χ1v) is 16.0. The van der Waals surface area contributed by atoms with Crippen LogP contribution in [0.2, 0.25) is 0 Å². The van der Waals surface area contributed by atoms with Gasteiger partial charge in [0.1, 0.15) is 0 Å². The van der Waals surface area contributed by atoms with Crippen LogP contribution in [0.15, 0.2) is 140 Å². The van der Waals surface area contributed by atoms with E-state index in [4.69, 9.17) is 0 Å². The molecule has 6 aromatic carbocycles. The molecule has 2 heterocycles. The van der Waals surface area contributed by atoms with E-state index in [1.165, 1.54) is 70.5 Å². The number of hydrogen-bond acceptors (Lipinski definition) is 0. The van der Waals surface area contributed by atoms with Gasteiger partial charge in [0, 0.05) is 16.5 Å². The van der Waals surface area contributed by atoms with E-state index in [-0.39, 0.29) is 0 Å². The van der Waals surface area contributed by atoms with Gasteiger partial charge in [-0.05, 0) is 82.1 Å². The summed E-state index contributed by atoms with van der Waals surface area (Å²) >= 11 is 0. The summed E-state index contributed by atoms with van der Waals surface area (Å²) in [6.45, 7) is 4.37. The van der Waals surface area contributed by atoms with Gasteiger partial charge >= 0.3 is 0 Å². The van der Waals surface area contributed by atoms with E-state index < -0.39 is 8.07 Å². The lowest BCUT2D eigenvalue weighted by atomic mass is 10.1. The van der Waals surface area contributed by atoms with Gasteiger partial charge < -0.3 is 4.57 Å². The van der Waals surface area contributed by atoms with Crippen LogP contribution in [0.5, 0.6) is 0 Å². The van der Waals surface area contributed by atoms with E-state index in [0.29, 0.717) is 0 Å². The quantitative estimate of drug-likeness (QED) is 0.224. The number of hydrogen-bond donors (Lipinski definition) is 0. The van der Waals surface area contributed by atoms with Crippen LogP contribution in [0.4, 0.5) is 0 Å². The average molecular weight is 528 g/mol. The normalized spacial score (nSPS) is 13.4. The van der Waals surface area contributed by atoms with Crippen molar-refractivity contribution in [1.82, 2.24) is 4.57 Å². The molecular formula is C38H29NSi. The van der Waals surface area contributed by atoms with Crippen LogP contribution in [-0.2, 0) is 0 Å². The summed E-state index contributed by atoms with van der Waals surface area (Å²) < 4.78 is 2.46. The number of fused-ring (bicyclic) bond motifs is 6. The molecule has 8 rings (SSSR count). The van der Waals surface area contributed by atoms with Gasteiger partial charge in [0.15, 0.2) is 8.07 Å². The minimum Gasteiger partial charge on any atom is -0.309 e. The second-order valence-corrected chi connectivity index (χ2v) is 14.9. The molecule has 0 radical (unpaired) electrons. The molecule has 0 aliphatic carbocycles. The van der Waals surface area contributed by atoms with Crippen molar-refractivity contribution in [3.63, 3.8) is 0 Å². The van der Waals surface area contributed by atoms with Crippen LogP contribution in [0.25, 0.3) is 38.6 Å². The highest BCUT2D eigenvalue weighted by atomic mass is 28.3. The second kappa shape index (κ2) is 8.67. The minimum atomic E-state index is -2.47. The Hall–Kier alpha value is -4.66. The fourth-order valence-electron chi connectivity index (χ4n) is 7.11. The molecule has 0 fully saturated rings. The van der Waals surface area contributed by atoms with Crippen LogP contribution in [0.1, 0.15) is 11.1 Å². The second-order valence-electron chi connectivity index (χ2n) is 11.1. The largest absolute Gasteiger partial charge is 0.309 e. The Labute approximate surface area is 236 Å². The molecule has 0 atom stereocenters. The van der Waals surface area contributed by atoms with Gasteiger partial charge in [-0.3, -0.25) is 0 Å². The van der Waals surface area contributed by atoms with Crippen LogP contribution < -0.4 is 20.7 Å². The summed E-state index contributed by atoms with van der Waals surface area (Å²) in [5.41, 5.74) is 9.04. The van der Waals surface area contributed by atoms with Gasteiger partial charge in [0.25, 0.3) is 0 Å². The third kappa shape index (κ3) is 3.14. The van der Waals surface area contributed by atoms with Crippen LogP contribution >= 0.6 is 0 Å². The smallest absolute Gasteiger partial charge is 0.180 e. The third-order valence-corrected chi connectivity index (χ3v) is 13.7. The van der Waals surface area contributed by atoms with Crippen molar-refractivity contribution in [3.8, 4) is 16.8 Å². The van der Waals surface area contributed by atoms with Gasteiger partial charge in [0.2, 0.25) is 0 Å². The Morgan fingerprint density at radius 2 is 0.975 bits per heavy atom. The van der Waals surface area contributed by atoms with Crippen LogP contribution in [0, 0.1) is 13.8 Å². The molecule has 0 unspecified atom stereocenters. The Morgan fingerprint density at radius 3 is 1.57 bits per heavy atom. The first-order valence-electron chi connectivity index (χ1n) is 14.0. The number of benzene rings is 6. The summed E-state index contributed by atoms with van der Waals surface area (Å²) in [6, 6.07) is 52.5. The highest BCUT2D eigenvalue weighted by Gasteiger charge is 2.48. The topological polar surface area (TPSA) is 4.93 Å². The van der Waals surface area contributed by atoms with E-state index in [1.807, 2.05) is 0 Å². The molecule has 0 saturated heterocycles. The standard InChI is InChI=1S/C38H29NSi/c1-26-17-20-35-32(23-26)33-24-27(2)18-21-36(33)39(35)28-19-22-38-34(25-28)31-15-9-10-16-37(31)40(38,29-11-5-3-6-12-29)30-13-7-4-8-14-30/h3-25H,1-2H3. The summed E-state index contributed by atoms with van der Waals surface area (Å²) in [6.07, 6.45) is 0. The van der Waals surface area contributed by atoms with Crippen molar-refractivity contribution in [2.75, 3.05) is 0 Å². The molecule has 0 bridgehead atoms. The Bertz CT molecular complexity index is 1970. The predicted molar refractivity (Wildman–Crippen MR) is 173 cm³/mol. The van der Waals surface area contributed by atoms with Crippen molar-refractivity contribution in [2.24, 2.45) is 0 Å². The van der Waals surface area contributed by atoms with E-state index >= 15 is 0 Å². The van der Waals surface area contributed by atoms with E-state index in [2.05, 4.69) is 158 Å². The molecule has 2 heteroatoms. The molecule has 0 spiro atoms. The zero-order chi connectivity index (χ0) is 26.8. The van der Waals surface area contributed by atoms with Gasteiger partial charge in [-0.25, -0.2) is 0 Å². The molecule has 0 N–H and O–H groups in total. The molecule has 1 nitrogen and oxygen atoms in total. The van der Waals surface area contributed by atoms with Gasteiger partial charge in [-0.15, -0.1) is 0 Å².